The molecule has 0 aromatic heterocycles. The average molecular weight is 303 g/mol. The summed E-state index contributed by atoms with van der Waals surface area (Å²) in [5.74, 6) is 0. The molecule has 1 aliphatic rings. The van der Waals surface area contributed by atoms with Crippen molar-refractivity contribution in [1.82, 2.24) is 0 Å². The van der Waals surface area contributed by atoms with Crippen LogP contribution in [0.5, 0.6) is 0 Å². The minimum Gasteiger partial charge on any atom is -0.394 e. The number of anilines is 1. The summed E-state index contributed by atoms with van der Waals surface area (Å²) in [5, 5.41) is 9.16. The highest BCUT2D eigenvalue weighted by atomic mass is 19.4. The molecule has 116 valence electrons. The Morgan fingerprint density at radius 3 is 2.71 bits per heavy atom. The molecule has 1 heterocycles. The third-order valence-electron chi connectivity index (χ3n) is 3.33. The van der Waals surface area contributed by atoms with Gasteiger partial charge in [-0.25, -0.2) is 0 Å². The lowest BCUT2D eigenvalue weighted by molar-refractivity contribution is -0.137. The predicted molar refractivity (Wildman–Crippen MR) is 70.5 cm³/mol. The summed E-state index contributed by atoms with van der Waals surface area (Å²) < 4.78 is 44.9. The number of aldehydes is 1. The third-order valence-corrected chi connectivity index (χ3v) is 3.33. The maximum atomic E-state index is 13.2. The van der Waals surface area contributed by atoms with E-state index in [9.17, 15) is 18.0 Å². The van der Waals surface area contributed by atoms with Crippen molar-refractivity contribution in [3.05, 3.63) is 29.3 Å². The molecular weight excluding hydrogens is 287 g/mol. The van der Waals surface area contributed by atoms with Crippen molar-refractivity contribution in [3.63, 3.8) is 0 Å². The molecule has 0 bridgehead atoms. The lowest BCUT2D eigenvalue weighted by Gasteiger charge is -2.38. The van der Waals surface area contributed by atoms with Crippen molar-refractivity contribution in [2.75, 3.05) is 24.6 Å². The predicted octanol–water partition coefficient (Wildman–Crippen LogP) is 2.10. The highest BCUT2D eigenvalue weighted by Gasteiger charge is 2.37. The standard InChI is InChI=1S/C14H16F3NO3/c1-9-5-18(6-11(8-20)21-9)13-3-2-10(7-19)4-12(13)14(15,16)17/h2-4,7,9,11,20H,5-6,8H2,1H3. The number of aliphatic hydroxyl groups is 1. The molecule has 0 radical (unpaired) electrons. The second kappa shape index (κ2) is 6.03. The molecule has 1 saturated heterocycles. The SMILES string of the molecule is CC1CN(c2ccc(C=O)cc2C(F)(F)F)CC(CO)O1. The average Bonchev–Trinajstić information content (AvgIpc) is 2.45. The Balaban J connectivity index is 2.40. The van der Waals surface area contributed by atoms with Crippen LogP contribution in [0.15, 0.2) is 18.2 Å². The Morgan fingerprint density at radius 2 is 2.14 bits per heavy atom. The van der Waals surface area contributed by atoms with E-state index < -0.39 is 17.8 Å². The van der Waals surface area contributed by atoms with E-state index in [0.29, 0.717) is 12.8 Å². The number of nitrogens with zero attached hydrogens (tertiary/aromatic N) is 1. The van der Waals surface area contributed by atoms with E-state index in [4.69, 9.17) is 9.84 Å². The first kappa shape index (κ1) is 15.8. The molecule has 2 atom stereocenters. The van der Waals surface area contributed by atoms with Crippen LogP contribution in [0, 0.1) is 0 Å². The van der Waals surface area contributed by atoms with Crippen LogP contribution in [0.1, 0.15) is 22.8 Å². The highest BCUT2D eigenvalue weighted by Crippen LogP contribution is 2.38. The molecule has 0 amide bonds. The first-order valence-corrected chi connectivity index (χ1v) is 6.53. The van der Waals surface area contributed by atoms with Gasteiger partial charge >= 0.3 is 6.18 Å². The fourth-order valence-corrected chi connectivity index (χ4v) is 2.47. The zero-order valence-electron chi connectivity index (χ0n) is 11.4. The smallest absolute Gasteiger partial charge is 0.394 e. The van der Waals surface area contributed by atoms with Crippen LogP contribution in [-0.2, 0) is 10.9 Å². The number of morpholine rings is 1. The molecule has 1 aliphatic heterocycles. The zero-order valence-corrected chi connectivity index (χ0v) is 11.4. The van der Waals surface area contributed by atoms with E-state index in [0.717, 1.165) is 6.07 Å². The number of hydrogen-bond donors (Lipinski definition) is 1. The van der Waals surface area contributed by atoms with Gasteiger partial charge in [0.15, 0.2) is 0 Å². The van der Waals surface area contributed by atoms with E-state index in [1.54, 1.807) is 6.92 Å². The Labute approximate surface area is 120 Å². The topological polar surface area (TPSA) is 49.8 Å². The van der Waals surface area contributed by atoms with Gasteiger partial charge in [-0.05, 0) is 25.1 Å². The second-order valence-electron chi connectivity index (χ2n) is 5.05. The van der Waals surface area contributed by atoms with Crippen molar-refractivity contribution in [2.45, 2.75) is 25.3 Å². The van der Waals surface area contributed by atoms with Crippen LogP contribution < -0.4 is 4.90 Å². The Kier molecular flexibility index (Phi) is 4.53. The first-order chi connectivity index (χ1) is 9.85. The summed E-state index contributed by atoms with van der Waals surface area (Å²) in [6.07, 6.45) is -4.98. The van der Waals surface area contributed by atoms with Crippen molar-refractivity contribution >= 4 is 12.0 Å². The van der Waals surface area contributed by atoms with Gasteiger partial charge in [0.1, 0.15) is 6.29 Å². The molecule has 0 aliphatic carbocycles. The molecule has 1 aromatic rings. The third kappa shape index (κ3) is 3.54. The summed E-state index contributed by atoms with van der Waals surface area (Å²) >= 11 is 0. The number of aliphatic hydroxyl groups excluding tert-OH is 1. The normalized spacial score (nSPS) is 23.2. The van der Waals surface area contributed by atoms with Crippen molar-refractivity contribution in [1.29, 1.82) is 0 Å². The monoisotopic (exact) mass is 303 g/mol. The van der Waals surface area contributed by atoms with Crippen LogP contribution >= 0.6 is 0 Å². The molecule has 0 spiro atoms. The summed E-state index contributed by atoms with van der Waals surface area (Å²) in [4.78, 5) is 12.2. The fourth-order valence-electron chi connectivity index (χ4n) is 2.47. The number of hydrogen-bond acceptors (Lipinski definition) is 4. The van der Waals surface area contributed by atoms with Crippen LogP contribution in [0.25, 0.3) is 0 Å². The molecule has 7 heteroatoms. The summed E-state index contributed by atoms with van der Waals surface area (Å²) in [6.45, 7) is 1.95. The molecule has 2 rings (SSSR count). The molecule has 4 nitrogen and oxygen atoms in total. The number of halogens is 3. The number of benzene rings is 1. The van der Waals surface area contributed by atoms with E-state index >= 15 is 0 Å². The molecule has 0 saturated carbocycles. The quantitative estimate of drug-likeness (QED) is 0.869. The van der Waals surface area contributed by atoms with Crippen molar-refractivity contribution in [2.24, 2.45) is 0 Å². The molecule has 1 N–H and O–H groups in total. The summed E-state index contributed by atoms with van der Waals surface area (Å²) in [6, 6.07) is 3.49. The van der Waals surface area contributed by atoms with Gasteiger partial charge in [0.2, 0.25) is 0 Å². The molecule has 1 fully saturated rings. The van der Waals surface area contributed by atoms with E-state index in [1.807, 2.05) is 0 Å². The fraction of sp³-hybridized carbons (Fsp3) is 0.500. The molecule has 21 heavy (non-hydrogen) atoms. The number of carbonyl (C=O) groups excluding carboxylic acids is 1. The van der Waals surface area contributed by atoms with E-state index in [2.05, 4.69) is 0 Å². The van der Waals surface area contributed by atoms with Gasteiger partial charge in [-0.1, -0.05) is 0 Å². The van der Waals surface area contributed by atoms with E-state index in [1.165, 1.54) is 17.0 Å². The van der Waals surface area contributed by atoms with Gasteiger partial charge in [-0.2, -0.15) is 13.2 Å². The van der Waals surface area contributed by atoms with Crippen LogP contribution in [0.4, 0.5) is 18.9 Å². The second-order valence-corrected chi connectivity index (χ2v) is 5.05. The minimum absolute atomic E-state index is 0.00157. The van der Waals surface area contributed by atoms with E-state index in [-0.39, 0.29) is 30.5 Å². The number of carbonyl (C=O) groups is 1. The highest BCUT2D eigenvalue weighted by molar-refractivity contribution is 5.77. The van der Waals surface area contributed by atoms with Gasteiger partial charge in [0, 0.05) is 24.3 Å². The molecule has 2 unspecified atom stereocenters. The zero-order chi connectivity index (χ0) is 15.6. The Hall–Kier alpha value is -1.60. The first-order valence-electron chi connectivity index (χ1n) is 6.53. The largest absolute Gasteiger partial charge is 0.418 e. The van der Waals surface area contributed by atoms with Crippen molar-refractivity contribution in [3.8, 4) is 0 Å². The van der Waals surface area contributed by atoms with Gasteiger partial charge < -0.3 is 14.7 Å². The van der Waals surface area contributed by atoms with Gasteiger partial charge in [-0.15, -0.1) is 0 Å². The lowest BCUT2D eigenvalue weighted by atomic mass is 10.1. The lowest BCUT2D eigenvalue weighted by Crippen LogP contribution is -2.48. The summed E-state index contributed by atoms with van der Waals surface area (Å²) in [5.41, 5.74) is -0.870. The Bertz CT molecular complexity index is 519. The number of ether oxygens (including phenoxy) is 1. The van der Waals surface area contributed by atoms with Gasteiger partial charge in [-0.3, -0.25) is 4.79 Å². The maximum absolute atomic E-state index is 13.2. The Morgan fingerprint density at radius 1 is 1.43 bits per heavy atom. The molecular formula is C14H16F3NO3. The van der Waals surface area contributed by atoms with Gasteiger partial charge in [0.25, 0.3) is 0 Å². The van der Waals surface area contributed by atoms with Crippen LogP contribution in [0.3, 0.4) is 0 Å². The van der Waals surface area contributed by atoms with Crippen LogP contribution in [-0.4, -0.2) is 43.3 Å². The minimum atomic E-state index is -4.55. The summed E-state index contributed by atoms with van der Waals surface area (Å²) in [7, 11) is 0. The number of rotatable bonds is 3. The van der Waals surface area contributed by atoms with Gasteiger partial charge in [0.05, 0.1) is 24.4 Å². The maximum Gasteiger partial charge on any atom is 0.418 e. The number of alkyl halides is 3. The molecule has 1 aromatic carbocycles. The van der Waals surface area contributed by atoms with Crippen molar-refractivity contribution < 1.29 is 27.8 Å². The van der Waals surface area contributed by atoms with Crippen LogP contribution in [0.2, 0.25) is 0 Å².